The van der Waals surface area contributed by atoms with Crippen molar-refractivity contribution in [1.29, 1.82) is 0 Å². The summed E-state index contributed by atoms with van der Waals surface area (Å²) in [6.45, 7) is 3.78. The molecule has 9 heteroatoms. The first-order valence-corrected chi connectivity index (χ1v) is 10.4. The van der Waals surface area contributed by atoms with Gasteiger partial charge in [-0.1, -0.05) is 13.3 Å². The molecule has 0 spiro atoms. The number of hydrogen-bond donors (Lipinski definition) is 2. The Balaban J connectivity index is 2.00. The number of rotatable bonds is 11. The maximum atomic E-state index is 12.7. The second kappa shape index (κ2) is 12.0. The Morgan fingerprint density at radius 3 is 2.62 bits per heavy atom. The van der Waals surface area contributed by atoms with Crippen LogP contribution in [-0.4, -0.2) is 55.7 Å². The minimum absolute atomic E-state index is 0.188. The van der Waals surface area contributed by atoms with Crippen LogP contribution in [0.15, 0.2) is 29.6 Å². The van der Waals surface area contributed by atoms with Crippen molar-refractivity contribution in [3.8, 4) is 5.75 Å². The summed E-state index contributed by atoms with van der Waals surface area (Å²) in [6.07, 6.45) is 1.94. The molecule has 0 aliphatic carbocycles. The third kappa shape index (κ3) is 7.35. The molecule has 1 heterocycles. The molecule has 2 aromatic rings. The van der Waals surface area contributed by atoms with Crippen LogP contribution in [0.2, 0.25) is 0 Å². The number of carbonyl (C=O) groups excluding carboxylic acids is 2. The summed E-state index contributed by atoms with van der Waals surface area (Å²) >= 11 is 1.36. The van der Waals surface area contributed by atoms with E-state index in [9.17, 15) is 9.59 Å². The fourth-order valence-electron chi connectivity index (χ4n) is 2.45. The van der Waals surface area contributed by atoms with Gasteiger partial charge >= 0.3 is 6.03 Å². The number of hydrogen-bond acceptors (Lipinski definition) is 6. The maximum absolute atomic E-state index is 12.7. The van der Waals surface area contributed by atoms with E-state index in [2.05, 4.69) is 22.5 Å². The van der Waals surface area contributed by atoms with Crippen LogP contribution in [0.1, 0.15) is 35.3 Å². The van der Waals surface area contributed by atoms with Crippen molar-refractivity contribution < 1.29 is 19.1 Å². The molecule has 1 aromatic carbocycles. The Kier molecular flexibility index (Phi) is 9.39. The first kappa shape index (κ1) is 22.6. The highest BCUT2D eigenvalue weighted by atomic mass is 32.1. The second-order valence-corrected chi connectivity index (χ2v) is 7.25. The lowest BCUT2D eigenvalue weighted by molar-refractivity contribution is 0.0948. The highest BCUT2D eigenvalue weighted by Gasteiger charge is 2.17. The monoisotopic (exact) mass is 420 g/mol. The van der Waals surface area contributed by atoms with E-state index in [1.165, 1.54) is 11.3 Å². The van der Waals surface area contributed by atoms with Crippen LogP contribution < -0.4 is 15.4 Å². The number of methoxy groups -OCH3 is 2. The van der Waals surface area contributed by atoms with Crippen molar-refractivity contribution in [3.63, 3.8) is 0 Å². The molecule has 2 N–H and O–H groups in total. The molecule has 0 bridgehead atoms. The average molecular weight is 421 g/mol. The van der Waals surface area contributed by atoms with E-state index in [1.807, 2.05) is 0 Å². The summed E-state index contributed by atoms with van der Waals surface area (Å²) in [7, 11) is 3.17. The van der Waals surface area contributed by atoms with Gasteiger partial charge in [0.1, 0.15) is 16.5 Å². The predicted octanol–water partition coefficient (Wildman–Crippen LogP) is 3.36. The lowest BCUT2D eigenvalue weighted by atomic mass is 10.3. The van der Waals surface area contributed by atoms with Crippen LogP contribution in [0.5, 0.6) is 5.75 Å². The molecule has 0 fully saturated rings. The molecular formula is C20H28N4O4S. The number of amides is 3. The van der Waals surface area contributed by atoms with E-state index in [0.717, 1.165) is 12.8 Å². The van der Waals surface area contributed by atoms with Crippen molar-refractivity contribution in [1.82, 2.24) is 15.2 Å². The zero-order valence-corrected chi connectivity index (χ0v) is 17.9. The Bertz CT molecular complexity index is 779. The van der Waals surface area contributed by atoms with Crippen LogP contribution in [0.25, 0.3) is 0 Å². The Labute approximate surface area is 175 Å². The number of unbranched alkanes of at least 4 members (excludes halogenated alkanes) is 1. The van der Waals surface area contributed by atoms with Crippen molar-refractivity contribution in [2.45, 2.75) is 26.3 Å². The van der Waals surface area contributed by atoms with Gasteiger partial charge in [-0.05, 0) is 30.7 Å². The van der Waals surface area contributed by atoms with Gasteiger partial charge in [-0.25, -0.2) is 9.78 Å². The second-order valence-electron chi connectivity index (χ2n) is 6.31. The number of nitrogens with one attached hydrogen (secondary N) is 2. The van der Waals surface area contributed by atoms with Gasteiger partial charge in [0.15, 0.2) is 0 Å². The zero-order chi connectivity index (χ0) is 21.1. The highest BCUT2D eigenvalue weighted by molar-refractivity contribution is 7.09. The quantitative estimate of drug-likeness (QED) is 0.544. The van der Waals surface area contributed by atoms with Crippen LogP contribution in [0.3, 0.4) is 0 Å². The number of aromatic nitrogens is 1. The average Bonchev–Trinajstić information content (AvgIpc) is 3.20. The molecule has 8 nitrogen and oxygen atoms in total. The van der Waals surface area contributed by atoms with Gasteiger partial charge < -0.3 is 25.0 Å². The Hall–Kier alpha value is -2.65. The first-order chi connectivity index (χ1) is 14.1. The number of thiazole rings is 1. The van der Waals surface area contributed by atoms with E-state index in [-0.39, 0.29) is 18.5 Å². The highest BCUT2D eigenvalue weighted by Crippen LogP contribution is 2.17. The first-order valence-electron chi connectivity index (χ1n) is 9.48. The van der Waals surface area contributed by atoms with Gasteiger partial charge in [-0.15, -0.1) is 11.3 Å². The minimum Gasteiger partial charge on any atom is -0.497 e. The number of nitrogens with zero attached hydrogens (tertiary/aromatic N) is 2. The molecule has 158 valence electrons. The standard InChI is InChI=1S/C20H28N4O4S/c1-4-5-10-21-19(25)17-14-29-18(23-17)13-24(11-12-27-2)20(26)22-15-6-8-16(28-3)9-7-15/h6-9,14H,4-5,10-13H2,1-3H3,(H,21,25)(H,22,26). The van der Waals surface area contributed by atoms with E-state index in [0.29, 0.717) is 41.8 Å². The summed E-state index contributed by atoms with van der Waals surface area (Å²) in [5.74, 6) is 0.527. The Morgan fingerprint density at radius 2 is 1.97 bits per heavy atom. The third-order valence-electron chi connectivity index (χ3n) is 4.12. The number of anilines is 1. The molecule has 0 aliphatic heterocycles. The van der Waals surface area contributed by atoms with Gasteiger partial charge in [-0.2, -0.15) is 0 Å². The molecule has 2 rings (SSSR count). The fourth-order valence-corrected chi connectivity index (χ4v) is 3.24. The Morgan fingerprint density at radius 1 is 1.21 bits per heavy atom. The number of ether oxygens (including phenoxy) is 2. The van der Waals surface area contributed by atoms with Crippen LogP contribution in [0.4, 0.5) is 10.5 Å². The van der Waals surface area contributed by atoms with Crippen molar-refractivity contribution in [3.05, 3.63) is 40.3 Å². The van der Waals surface area contributed by atoms with Gasteiger partial charge in [0, 0.05) is 31.3 Å². The lowest BCUT2D eigenvalue weighted by Gasteiger charge is -2.22. The van der Waals surface area contributed by atoms with Gasteiger partial charge in [0.05, 0.1) is 20.3 Å². The molecule has 0 radical (unpaired) electrons. The molecular weight excluding hydrogens is 392 g/mol. The van der Waals surface area contributed by atoms with Gasteiger partial charge in [0.2, 0.25) is 0 Å². The van der Waals surface area contributed by atoms with Crippen molar-refractivity contribution in [2.75, 3.05) is 39.2 Å². The van der Waals surface area contributed by atoms with Crippen LogP contribution >= 0.6 is 11.3 Å². The normalized spacial score (nSPS) is 10.4. The molecule has 29 heavy (non-hydrogen) atoms. The summed E-state index contributed by atoms with van der Waals surface area (Å²) in [5.41, 5.74) is 1.04. The molecule has 0 aliphatic rings. The topological polar surface area (TPSA) is 92.8 Å². The fraction of sp³-hybridized carbons (Fsp3) is 0.450. The largest absolute Gasteiger partial charge is 0.497 e. The molecule has 0 unspecified atom stereocenters. The van der Waals surface area contributed by atoms with Gasteiger partial charge in [0.25, 0.3) is 5.91 Å². The lowest BCUT2D eigenvalue weighted by Crippen LogP contribution is -2.36. The van der Waals surface area contributed by atoms with Crippen molar-refractivity contribution in [2.24, 2.45) is 0 Å². The number of benzene rings is 1. The van der Waals surface area contributed by atoms with Crippen LogP contribution in [-0.2, 0) is 11.3 Å². The van der Waals surface area contributed by atoms with E-state index in [1.54, 1.807) is 48.8 Å². The van der Waals surface area contributed by atoms with Crippen molar-refractivity contribution >= 4 is 29.0 Å². The van der Waals surface area contributed by atoms with Crippen LogP contribution in [0, 0.1) is 0 Å². The number of carbonyl (C=O) groups is 2. The molecule has 3 amide bonds. The van der Waals surface area contributed by atoms with E-state index < -0.39 is 0 Å². The summed E-state index contributed by atoms with van der Waals surface area (Å²) in [5, 5.41) is 8.11. The minimum atomic E-state index is -0.267. The number of urea groups is 1. The maximum Gasteiger partial charge on any atom is 0.322 e. The molecule has 1 aromatic heterocycles. The summed E-state index contributed by atoms with van der Waals surface area (Å²) in [6, 6.07) is 6.83. The SMILES string of the molecule is CCCCNC(=O)c1csc(CN(CCOC)C(=O)Nc2ccc(OC)cc2)n1. The smallest absolute Gasteiger partial charge is 0.322 e. The van der Waals surface area contributed by atoms with E-state index >= 15 is 0 Å². The summed E-state index contributed by atoms with van der Waals surface area (Å²) in [4.78, 5) is 30.8. The van der Waals surface area contributed by atoms with E-state index in [4.69, 9.17) is 9.47 Å². The zero-order valence-electron chi connectivity index (χ0n) is 17.1. The summed E-state index contributed by atoms with van der Waals surface area (Å²) < 4.78 is 10.2. The molecule has 0 atom stereocenters. The molecule has 0 saturated carbocycles. The van der Waals surface area contributed by atoms with Gasteiger partial charge in [-0.3, -0.25) is 4.79 Å². The predicted molar refractivity (Wildman–Crippen MR) is 114 cm³/mol. The molecule has 0 saturated heterocycles. The third-order valence-corrected chi connectivity index (χ3v) is 4.95.